The minimum absolute atomic E-state index is 0. The van der Waals surface area contributed by atoms with Crippen molar-refractivity contribution < 1.29 is 62.9 Å². The van der Waals surface area contributed by atoms with Crippen LogP contribution in [0.3, 0.4) is 0 Å². The summed E-state index contributed by atoms with van der Waals surface area (Å²) in [6, 6.07) is 39.2. The zero-order valence-corrected chi connectivity index (χ0v) is 31.1. The first-order valence-electron chi connectivity index (χ1n) is 13.4. The number of thioether (sulfide) groups is 2. The second kappa shape index (κ2) is 21.5. The Labute approximate surface area is 332 Å². The molecule has 0 atom stereocenters. The van der Waals surface area contributed by atoms with E-state index in [2.05, 4.69) is 150 Å². The van der Waals surface area contributed by atoms with Gasteiger partial charge in [-0.05, 0) is 54.3 Å². The molecule has 2 heterocycles. The van der Waals surface area contributed by atoms with E-state index in [4.69, 9.17) is 54.0 Å². The van der Waals surface area contributed by atoms with Crippen molar-refractivity contribution >= 4 is 99.3 Å². The molecule has 254 valence electrons. The van der Waals surface area contributed by atoms with Crippen molar-refractivity contribution in [2.45, 2.75) is 9.49 Å². The molecular weight excluding hydrogens is 792 g/mol. The van der Waals surface area contributed by atoms with E-state index in [9.17, 15) is 0 Å². The van der Waals surface area contributed by atoms with Crippen LogP contribution in [0.25, 0.3) is 9.81 Å². The van der Waals surface area contributed by atoms with Crippen LogP contribution in [-0.4, -0.2) is 40.7 Å². The van der Waals surface area contributed by atoms with Gasteiger partial charge < -0.3 is 54.0 Å². The molecule has 2 bridgehead atoms. The van der Waals surface area contributed by atoms with Gasteiger partial charge in [0.1, 0.15) is 0 Å². The van der Waals surface area contributed by atoms with Crippen molar-refractivity contribution in [3.8, 4) is 0 Å². The SMILES string of the molecule is [CH-]=O.[CH-]=O.[CH-]=O.[CH-]=O.[CH-]=O.[CH-]=O.[Fe+3].[Fe+3].[S-]C1=C(c2ccccc2)SC23C1=C1C([S-])=C(c4ccccc4)SC1(c1ccccc12)c1ccccc13. The maximum atomic E-state index is 7.75. The maximum Gasteiger partial charge on any atom is 3.00 e. The van der Waals surface area contributed by atoms with E-state index in [0.717, 1.165) is 9.81 Å². The Kier molecular flexibility index (Phi) is 19.9. The van der Waals surface area contributed by atoms with Crippen LogP contribution in [0.1, 0.15) is 33.4 Å². The van der Waals surface area contributed by atoms with Gasteiger partial charge in [-0.25, -0.2) is 0 Å². The fourth-order valence-corrected chi connectivity index (χ4v) is 10.8. The van der Waals surface area contributed by atoms with Gasteiger partial charge in [0.15, 0.2) is 0 Å². The van der Waals surface area contributed by atoms with Gasteiger partial charge in [0.25, 0.3) is 0 Å². The summed E-state index contributed by atoms with van der Waals surface area (Å²) >= 11 is 16.6. The van der Waals surface area contributed by atoms with Crippen LogP contribution in [-0.2, 0) is 97.7 Å². The van der Waals surface area contributed by atoms with E-state index in [1.807, 2.05) is 23.5 Å². The van der Waals surface area contributed by atoms with Gasteiger partial charge in [-0.2, -0.15) is 9.81 Å². The molecule has 2 aliphatic heterocycles. The number of allylic oxidation sites excluding steroid dienone is 2. The fraction of sp³-hybridized carbons (Fsp3) is 0.0526. The third-order valence-corrected chi connectivity index (χ3v) is 12.0. The monoisotopic (exact) mass is 816 g/mol. The minimum Gasteiger partial charge on any atom is -0.778 e. The molecule has 0 amide bonds. The van der Waals surface area contributed by atoms with Crippen molar-refractivity contribution in [3.63, 3.8) is 0 Å². The van der Waals surface area contributed by atoms with Gasteiger partial charge in [0.2, 0.25) is 0 Å². The first kappa shape index (κ1) is 46.3. The molecule has 9 rings (SSSR count). The van der Waals surface area contributed by atoms with Crippen molar-refractivity contribution in [2.24, 2.45) is 0 Å². The van der Waals surface area contributed by atoms with E-state index in [0.29, 0.717) is 0 Å². The Morgan fingerprint density at radius 3 is 0.840 bits per heavy atom. The normalized spacial score (nSPS) is 18.6. The summed E-state index contributed by atoms with van der Waals surface area (Å²) in [5.41, 5.74) is 10.2. The molecule has 12 heteroatoms. The van der Waals surface area contributed by atoms with Gasteiger partial charge in [-0.15, -0.1) is 23.5 Å². The third kappa shape index (κ3) is 7.08. The largest absolute Gasteiger partial charge is 3.00 e. The first-order valence-corrected chi connectivity index (χ1v) is 15.8. The molecule has 0 saturated carbocycles. The van der Waals surface area contributed by atoms with Crippen molar-refractivity contribution in [1.29, 1.82) is 0 Å². The Morgan fingerprint density at radius 2 is 0.600 bits per heavy atom. The molecule has 0 aromatic heterocycles. The van der Waals surface area contributed by atoms with Crippen LogP contribution < -0.4 is 0 Å². The fourth-order valence-electron chi connectivity index (χ4n) is 6.43. The topological polar surface area (TPSA) is 102 Å². The van der Waals surface area contributed by atoms with E-state index >= 15 is 0 Å². The van der Waals surface area contributed by atoms with Gasteiger partial charge in [-0.3, -0.25) is 40.7 Å². The predicted octanol–water partition coefficient (Wildman–Crippen LogP) is 6.47. The smallest absolute Gasteiger partial charge is 0.778 e. The van der Waals surface area contributed by atoms with E-state index in [1.165, 1.54) is 54.3 Å². The molecule has 6 nitrogen and oxygen atoms in total. The van der Waals surface area contributed by atoms with Crippen molar-refractivity contribution in [1.82, 2.24) is 0 Å². The van der Waals surface area contributed by atoms with Gasteiger partial charge in [0, 0.05) is 0 Å². The van der Waals surface area contributed by atoms with Crippen molar-refractivity contribution in [2.75, 3.05) is 0 Å². The maximum absolute atomic E-state index is 7.75. The Bertz CT molecular complexity index is 1640. The number of hydrogen-bond donors (Lipinski definition) is 0. The second-order valence-electron chi connectivity index (χ2n) is 9.46. The Hall–Kier alpha value is -3.70. The Balaban J connectivity index is 0.00000157. The average Bonchev–Trinajstić information content (AvgIpc) is 3.70. The summed E-state index contributed by atoms with van der Waals surface area (Å²) in [6.45, 7) is 19.5. The quantitative estimate of drug-likeness (QED) is 0.0969. The average molecular weight is 817 g/mol. The zero-order valence-electron chi connectivity index (χ0n) is 25.6. The molecular formula is C38H24Fe2O6S4-2. The molecule has 5 aliphatic rings. The molecule has 0 fully saturated rings. The number of benzene rings is 4. The van der Waals surface area contributed by atoms with E-state index < -0.39 is 0 Å². The molecule has 0 saturated heterocycles. The summed E-state index contributed by atoms with van der Waals surface area (Å²) in [5, 5.41) is 0. The predicted molar refractivity (Wildman–Crippen MR) is 199 cm³/mol. The molecule has 4 aromatic carbocycles. The molecule has 3 aliphatic carbocycles. The minimum atomic E-state index is -0.386. The molecule has 4 aromatic rings. The second-order valence-corrected chi connectivity index (χ2v) is 12.7. The van der Waals surface area contributed by atoms with Crippen LogP contribution in [0.4, 0.5) is 0 Å². The number of carbonyl (C=O) groups excluding carboxylic acids is 6. The third-order valence-electron chi connectivity index (χ3n) is 7.77. The van der Waals surface area contributed by atoms with Crippen LogP contribution in [0, 0.1) is 0 Å². The zero-order chi connectivity index (χ0) is 36.1. The molecule has 2 spiro atoms. The van der Waals surface area contributed by atoms with Gasteiger partial charge >= 0.3 is 34.1 Å². The van der Waals surface area contributed by atoms with Crippen molar-refractivity contribution in [3.05, 3.63) is 164 Å². The van der Waals surface area contributed by atoms with Crippen LogP contribution in [0.15, 0.2) is 130 Å². The summed E-state index contributed by atoms with van der Waals surface area (Å²) in [7, 11) is 0. The van der Waals surface area contributed by atoms with E-state index in [-0.39, 0.29) is 43.6 Å². The standard InChI is InChI=1S/C32H20S4.6CHO.2Fe/c33-27-25-26-28(34)30(20-13-5-2-6-14-20)36-32(26)23-17-9-7-15-21(23)31(25,22-16-8-10-18-24(22)32)35-29(27)19-11-3-1-4-12-19;6*1-2;;/h1-18,33-34H;6*1H;;/q;6*-1;2*+3/p-2. The van der Waals surface area contributed by atoms with Crippen LogP contribution >= 0.6 is 23.5 Å². The number of hydrogen-bond acceptors (Lipinski definition) is 10. The van der Waals surface area contributed by atoms with Gasteiger partial charge in [0.05, 0.1) is 9.49 Å². The summed E-state index contributed by atoms with van der Waals surface area (Å²) < 4.78 is -0.771. The molecule has 0 unspecified atom stereocenters. The molecule has 2 radical (unpaired) electrons. The summed E-state index contributed by atoms with van der Waals surface area (Å²) in [5.74, 6) is 0. The first-order chi connectivity index (χ1) is 23.7. The van der Waals surface area contributed by atoms with Crippen LogP contribution in [0.5, 0.6) is 0 Å². The van der Waals surface area contributed by atoms with Crippen LogP contribution in [0.2, 0.25) is 0 Å². The number of rotatable bonds is 2. The van der Waals surface area contributed by atoms with Gasteiger partial charge in [-0.1, -0.05) is 109 Å². The van der Waals surface area contributed by atoms with E-state index in [1.54, 1.807) is 0 Å². The molecule has 0 N–H and O–H groups in total. The Morgan fingerprint density at radius 1 is 0.380 bits per heavy atom. The summed E-state index contributed by atoms with van der Waals surface area (Å²) in [6.07, 6.45) is 0. The summed E-state index contributed by atoms with van der Waals surface area (Å²) in [4.78, 5) is 50.8. The molecule has 50 heavy (non-hydrogen) atoms.